The summed E-state index contributed by atoms with van der Waals surface area (Å²) < 4.78 is 26.6. The predicted octanol–water partition coefficient (Wildman–Crippen LogP) is 5.49. The summed E-state index contributed by atoms with van der Waals surface area (Å²) in [6.45, 7) is 8.41. The number of amides is 2. The molecule has 0 aromatic heterocycles. The average molecular weight is 571 g/mol. The lowest BCUT2D eigenvalue weighted by atomic mass is 10.1. The van der Waals surface area contributed by atoms with E-state index in [1.54, 1.807) is 24.3 Å². The lowest BCUT2D eigenvalue weighted by molar-refractivity contribution is -0.141. The molecule has 0 bridgehead atoms. The van der Waals surface area contributed by atoms with Crippen LogP contribution in [0.3, 0.4) is 0 Å². The van der Waals surface area contributed by atoms with Gasteiger partial charge in [0.15, 0.2) is 0 Å². The third kappa shape index (κ3) is 8.62. The number of carbonyl (C=O) groups is 2. The van der Waals surface area contributed by atoms with Gasteiger partial charge in [-0.1, -0.05) is 55.2 Å². The molecule has 2 amide bonds. The summed E-state index contributed by atoms with van der Waals surface area (Å²) in [4.78, 5) is 28.0. The molecule has 1 atom stereocenters. The van der Waals surface area contributed by atoms with Crippen LogP contribution in [0.1, 0.15) is 56.2 Å². The smallest absolute Gasteiger partial charge is 0.242 e. The summed E-state index contributed by atoms with van der Waals surface area (Å²) in [6.07, 6.45) is 2.72. The maximum atomic E-state index is 13.5. The molecular formula is C27H37Cl2N3O4S. The third-order valence-electron chi connectivity index (χ3n) is 6.29. The van der Waals surface area contributed by atoms with Crippen LogP contribution >= 0.6 is 23.2 Å². The minimum atomic E-state index is -3.56. The lowest BCUT2D eigenvalue weighted by Gasteiger charge is -2.31. The molecule has 0 aliphatic carbocycles. The molecule has 0 saturated carbocycles. The van der Waals surface area contributed by atoms with Crippen LogP contribution in [0.4, 0.5) is 5.69 Å². The van der Waals surface area contributed by atoms with E-state index in [1.165, 1.54) is 9.21 Å². The first-order valence-electron chi connectivity index (χ1n) is 12.5. The van der Waals surface area contributed by atoms with Crippen LogP contribution in [0.5, 0.6) is 0 Å². The Hall–Kier alpha value is -2.29. The van der Waals surface area contributed by atoms with E-state index in [4.69, 9.17) is 23.2 Å². The SMILES string of the molecule is CCCNC(=O)[C@H](CC)N(Cc1ccc(Cl)cc1Cl)C(=O)CCCN(c1cccc(C)c1C)S(C)(=O)=O. The molecule has 37 heavy (non-hydrogen) atoms. The number of rotatable bonds is 13. The Morgan fingerprint density at radius 3 is 2.38 bits per heavy atom. The van der Waals surface area contributed by atoms with Crippen LogP contribution < -0.4 is 9.62 Å². The van der Waals surface area contributed by atoms with E-state index < -0.39 is 16.1 Å². The van der Waals surface area contributed by atoms with Gasteiger partial charge in [0.05, 0.1) is 11.9 Å². The van der Waals surface area contributed by atoms with Crippen LogP contribution in [0, 0.1) is 13.8 Å². The molecular weight excluding hydrogens is 533 g/mol. The lowest BCUT2D eigenvalue weighted by Crippen LogP contribution is -2.49. The Bertz CT molecular complexity index is 1200. The Kier molecular flexibility index (Phi) is 11.7. The molecule has 2 aromatic carbocycles. The van der Waals surface area contributed by atoms with Gasteiger partial charge in [0.25, 0.3) is 0 Å². The molecule has 0 saturated heterocycles. The molecule has 204 valence electrons. The Balaban J connectivity index is 2.27. The van der Waals surface area contributed by atoms with Gasteiger partial charge in [-0.25, -0.2) is 8.42 Å². The molecule has 0 fully saturated rings. The van der Waals surface area contributed by atoms with Crippen molar-refractivity contribution in [1.29, 1.82) is 0 Å². The van der Waals surface area contributed by atoms with Crippen molar-refractivity contribution in [1.82, 2.24) is 10.2 Å². The fourth-order valence-electron chi connectivity index (χ4n) is 4.11. The van der Waals surface area contributed by atoms with E-state index in [0.29, 0.717) is 34.3 Å². The predicted molar refractivity (Wildman–Crippen MR) is 152 cm³/mol. The highest BCUT2D eigenvalue weighted by molar-refractivity contribution is 7.92. The van der Waals surface area contributed by atoms with Gasteiger partial charge < -0.3 is 10.2 Å². The number of halogens is 2. The molecule has 7 nitrogen and oxygen atoms in total. The van der Waals surface area contributed by atoms with Crippen molar-refractivity contribution in [3.63, 3.8) is 0 Å². The Morgan fingerprint density at radius 2 is 1.78 bits per heavy atom. The maximum absolute atomic E-state index is 13.5. The number of benzene rings is 2. The van der Waals surface area contributed by atoms with E-state index in [9.17, 15) is 18.0 Å². The highest BCUT2D eigenvalue weighted by atomic mass is 35.5. The van der Waals surface area contributed by atoms with Crippen LogP contribution in [-0.2, 0) is 26.2 Å². The molecule has 0 aliphatic rings. The summed E-state index contributed by atoms with van der Waals surface area (Å²) in [5.74, 6) is -0.477. The van der Waals surface area contributed by atoms with Gasteiger partial charge in [0, 0.05) is 36.1 Å². The number of sulfonamides is 1. The number of anilines is 1. The number of hydrogen-bond acceptors (Lipinski definition) is 4. The second kappa shape index (κ2) is 14.0. The first-order valence-corrected chi connectivity index (χ1v) is 15.1. The van der Waals surface area contributed by atoms with Crippen molar-refractivity contribution in [3.8, 4) is 0 Å². The van der Waals surface area contributed by atoms with Gasteiger partial charge in [-0.3, -0.25) is 13.9 Å². The molecule has 0 heterocycles. The summed E-state index contributed by atoms with van der Waals surface area (Å²) in [6, 6.07) is 9.87. The number of carbonyl (C=O) groups excluding carboxylic acids is 2. The van der Waals surface area contributed by atoms with E-state index in [2.05, 4.69) is 5.32 Å². The molecule has 0 radical (unpaired) electrons. The number of aryl methyl sites for hydroxylation is 1. The second-order valence-electron chi connectivity index (χ2n) is 9.13. The standard InChI is InChI=1S/C27H37Cl2N3O4S/c1-6-15-30-27(34)24(7-2)31(18-21-13-14-22(28)17-23(21)29)26(33)12-9-16-32(37(5,35)36)25-11-8-10-19(3)20(25)4/h8,10-11,13-14,17,24H,6-7,9,12,15-16,18H2,1-5H3,(H,30,34)/t24-/m0/s1. The first-order chi connectivity index (χ1) is 17.4. The quantitative estimate of drug-likeness (QED) is 0.345. The van der Waals surface area contributed by atoms with Crippen LogP contribution in [0.15, 0.2) is 36.4 Å². The highest BCUT2D eigenvalue weighted by Crippen LogP contribution is 2.27. The van der Waals surface area contributed by atoms with Crippen molar-refractivity contribution in [2.75, 3.05) is 23.7 Å². The highest BCUT2D eigenvalue weighted by Gasteiger charge is 2.29. The number of nitrogens with one attached hydrogen (secondary N) is 1. The number of hydrogen-bond donors (Lipinski definition) is 1. The third-order valence-corrected chi connectivity index (χ3v) is 8.05. The van der Waals surface area contributed by atoms with Gasteiger partial charge in [0.2, 0.25) is 21.8 Å². The average Bonchev–Trinajstić information content (AvgIpc) is 2.82. The van der Waals surface area contributed by atoms with E-state index in [-0.39, 0.29) is 37.7 Å². The normalized spacial score (nSPS) is 12.2. The van der Waals surface area contributed by atoms with Crippen molar-refractivity contribution < 1.29 is 18.0 Å². The minimum Gasteiger partial charge on any atom is -0.354 e. The zero-order chi connectivity index (χ0) is 27.8. The number of nitrogens with zero attached hydrogens (tertiary/aromatic N) is 2. The maximum Gasteiger partial charge on any atom is 0.242 e. The van der Waals surface area contributed by atoms with E-state index >= 15 is 0 Å². The van der Waals surface area contributed by atoms with Gasteiger partial charge >= 0.3 is 0 Å². The molecule has 0 aliphatic heterocycles. The van der Waals surface area contributed by atoms with Crippen molar-refractivity contribution in [2.24, 2.45) is 0 Å². The van der Waals surface area contributed by atoms with Crippen LogP contribution in [0.25, 0.3) is 0 Å². The zero-order valence-corrected chi connectivity index (χ0v) is 24.5. The van der Waals surface area contributed by atoms with Gasteiger partial charge in [-0.2, -0.15) is 0 Å². The molecule has 10 heteroatoms. The summed E-state index contributed by atoms with van der Waals surface area (Å²) in [5.41, 5.74) is 3.13. The van der Waals surface area contributed by atoms with Crippen LogP contribution in [0.2, 0.25) is 10.0 Å². The van der Waals surface area contributed by atoms with Crippen molar-refractivity contribution in [2.45, 2.75) is 66.0 Å². The monoisotopic (exact) mass is 569 g/mol. The summed E-state index contributed by atoms with van der Waals surface area (Å²) in [7, 11) is -3.56. The van der Waals surface area contributed by atoms with Gasteiger partial charge in [-0.15, -0.1) is 0 Å². The zero-order valence-electron chi connectivity index (χ0n) is 22.2. The molecule has 2 rings (SSSR count). The van der Waals surface area contributed by atoms with Gasteiger partial charge in [0.1, 0.15) is 6.04 Å². The summed E-state index contributed by atoms with van der Waals surface area (Å²) in [5, 5.41) is 3.77. The second-order valence-corrected chi connectivity index (χ2v) is 11.9. The molecule has 0 spiro atoms. The van der Waals surface area contributed by atoms with E-state index in [0.717, 1.165) is 23.8 Å². The summed E-state index contributed by atoms with van der Waals surface area (Å²) >= 11 is 12.4. The van der Waals surface area contributed by atoms with Crippen molar-refractivity contribution in [3.05, 3.63) is 63.1 Å². The fourth-order valence-corrected chi connectivity index (χ4v) is 5.59. The molecule has 2 aromatic rings. The fraction of sp³-hybridized carbons (Fsp3) is 0.481. The Labute approximate surface area is 231 Å². The largest absolute Gasteiger partial charge is 0.354 e. The molecule has 0 unspecified atom stereocenters. The Morgan fingerprint density at radius 1 is 1.08 bits per heavy atom. The van der Waals surface area contributed by atoms with Crippen molar-refractivity contribution >= 4 is 50.7 Å². The van der Waals surface area contributed by atoms with Crippen LogP contribution in [-0.4, -0.2) is 50.5 Å². The topological polar surface area (TPSA) is 86.8 Å². The first kappa shape index (κ1) is 30.9. The van der Waals surface area contributed by atoms with Gasteiger partial charge in [-0.05, 0) is 68.0 Å². The minimum absolute atomic E-state index is 0.0691. The van der Waals surface area contributed by atoms with E-state index in [1.807, 2.05) is 39.8 Å². The molecule has 1 N–H and O–H groups in total.